The maximum Gasteiger partial charge on any atom is 1.00 e. The van der Waals surface area contributed by atoms with Gasteiger partial charge in [-0.15, -0.1) is 10.2 Å². The number of nitrogens with zero attached hydrogens (tertiary/aromatic N) is 4. The summed E-state index contributed by atoms with van der Waals surface area (Å²) in [6, 6.07) is 3.91. The summed E-state index contributed by atoms with van der Waals surface area (Å²) in [6.07, 6.45) is 0. The molecule has 2 rings (SSSR count). The molecule has 0 bridgehead atoms. The van der Waals surface area contributed by atoms with Gasteiger partial charge >= 0.3 is 103 Å². The van der Waals surface area contributed by atoms with Gasteiger partial charge in [0.15, 0.2) is 11.4 Å². The number of azo groups is 1. The molecule has 0 radical (unpaired) electrons. The molecule has 0 atom stereocenters. The molecule has 0 spiro atoms. The molecule has 0 N–H and O–H groups in total. The second-order valence-corrected chi connectivity index (χ2v) is 7.68. The number of rotatable bonds is 6. The van der Waals surface area contributed by atoms with Crippen molar-refractivity contribution in [1.82, 2.24) is 0 Å². The van der Waals surface area contributed by atoms with Crippen molar-refractivity contribution in [3.63, 3.8) is 0 Å². The van der Waals surface area contributed by atoms with E-state index in [1.54, 1.807) is 0 Å². The van der Waals surface area contributed by atoms with E-state index in [1.807, 2.05) is 0 Å². The summed E-state index contributed by atoms with van der Waals surface area (Å²) in [4.78, 5) is 18.2. The van der Waals surface area contributed by atoms with Crippen LogP contribution in [0.15, 0.2) is 56.4 Å². The molecule has 0 heterocycles. The van der Waals surface area contributed by atoms with E-state index in [-0.39, 0.29) is 103 Å². The van der Waals surface area contributed by atoms with Crippen LogP contribution in [-0.4, -0.2) is 35.8 Å². The molecule has 2 aromatic carbocycles. The Kier molecular flexibility index (Phi) is 11.7. The third kappa shape index (κ3) is 7.81. The molecule has 2 aromatic rings. The molecule has 0 fully saturated rings. The second-order valence-electron chi connectivity index (χ2n) is 4.92. The SMILES string of the molecule is O=[N+]([O-])c1cc(S(=O)(=O)[O-])ccc1N=Nc1ccc(S(=O)(=O)[O-])cc1[N+](=O)[O-].[K+].[K+]. The van der Waals surface area contributed by atoms with Crippen molar-refractivity contribution in [1.29, 1.82) is 0 Å². The molecule has 14 nitrogen and oxygen atoms in total. The first-order chi connectivity index (χ1) is 12.8. The van der Waals surface area contributed by atoms with Crippen molar-refractivity contribution in [2.24, 2.45) is 10.2 Å². The Morgan fingerprint density at radius 1 is 0.667 bits per heavy atom. The van der Waals surface area contributed by atoms with Crippen LogP contribution in [0.25, 0.3) is 0 Å². The van der Waals surface area contributed by atoms with Crippen LogP contribution >= 0.6 is 0 Å². The van der Waals surface area contributed by atoms with Gasteiger partial charge in [-0.1, -0.05) is 0 Å². The Morgan fingerprint density at radius 3 is 1.20 bits per heavy atom. The molecule has 0 saturated heterocycles. The smallest absolute Gasteiger partial charge is 0.744 e. The van der Waals surface area contributed by atoms with Crippen LogP contribution in [0.1, 0.15) is 0 Å². The molecule has 18 heteroatoms. The fourth-order valence-electron chi connectivity index (χ4n) is 1.89. The van der Waals surface area contributed by atoms with Crippen LogP contribution in [0.3, 0.4) is 0 Å². The number of hydrogen-bond donors (Lipinski definition) is 0. The Hall–Kier alpha value is -0.0673. The van der Waals surface area contributed by atoms with Crippen LogP contribution < -0.4 is 103 Å². The van der Waals surface area contributed by atoms with Gasteiger partial charge in [0.05, 0.1) is 19.6 Å². The Labute approximate surface area is 253 Å². The molecule has 0 saturated carbocycles. The summed E-state index contributed by atoms with van der Waals surface area (Å²) in [5.41, 5.74) is -2.90. The fourth-order valence-corrected chi connectivity index (χ4v) is 2.87. The van der Waals surface area contributed by atoms with E-state index in [9.17, 15) is 46.2 Å². The number of benzene rings is 2. The van der Waals surface area contributed by atoms with Crippen LogP contribution in [0.4, 0.5) is 22.7 Å². The minimum absolute atomic E-state index is 0. The van der Waals surface area contributed by atoms with Gasteiger partial charge in [-0.05, 0) is 24.3 Å². The summed E-state index contributed by atoms with van der Waals surface area (Å²) in [7, 11) is -9.96. The van der Waals surface area contributed by atoms with Gasteiger partial charge in [0, 0.05) is 12.1 Å². The maximum absolute atomic E-state index is 11.0. The largest absolute Gasteiger partial charge is 1.00 e. The van der Waals surface area contributed by atoms with Gasteiger partial charge in [-0.2, -0.15) is 0 Å². The normalized spacial score (nSPS) is 11.4. The number of nitro groups is 2. The van der Waals surface area contributed by atoms with Crippen LogP contribution in [0, 0.1) is 20.2 Å². The minimum Gasteiger partial charge on any atom is -0.744 e. The Bertz CT molecular complexity index is 1140. The van der Waals surface area contributed by atoms with E-state index in [1.165, 1.54) is 0 Å². The predicted molar refractivity (Wildman–Crippen MR) is 86.3 cm³/mol. The molecule has 0 aliphatic heterocycles. The molecule has 0 aliphatic carbocycles. The van der Waals surface area contributed by atoms with Crippen molar-refractivity contribution in [3.8, 4) is 0 Å². The minimum atomic E-state index is -4.98. The van der Waals surface area contributed by atoms with Crippen LogP contribution in [0.5, 0.6) is 0 Å². The molecular formula is C12H6K2N4O10S2. The number of nitro benzene ring substituents is 2. The summed E-state index contributed by atoms with van der Waals surface area (Å²) >= 11 is 0. The van der Waals surface area contributed by atoms with Gasteiger partial charge in [-0.3, -0.25) is 20.2 Å². The quantitative estimate of drug-likeness (QED) is 0.120. The molecule has 0 unspecified atom stereocenters. The molecular weight excluding hydrogens is 502 g/mol. The Balaban J connectivity index is 0.00000420. The van der Waals surface area contributed by atoms with Crippen molar-refractivity contribution in [3.05, 3.63) is 56.6 Å². The molecule has 0 aliphatic rings. The molecule has 148 valence electrons. The van der Waals surface area contributed by atoms with Gasteiger partial charge in [0.2, 0.25) is 0 Å². The van der Waals surface area contributed by atoms with E-state index >= 15 is 0 Å². The average Bonchev–Trinajstić information content (AvgIpc) is 2.57. The second kappa shape index (κ2) is 11.7. The molecule has 30 heavy (non-hydrogen) atoms. The zero-order valence-electron chi connectivity index (χ0n) is 15.2. The maximum atomic E-state index is 11.0. The topological polar surface area (TPSA) is 225 Å². The van der Waals surface area contributed by atoms with Crippen molar-refractivity contribution >= 4 is 43.0 Å². The van der Waals surface area contributed by atoms with Gasteiger partial charge < -0.3 is 9.11 Å². The third-order valence-electron chi connectivity index (χ3n) is 3.13. The fraction of sp³-hybridized carbons (Fsp3) is 0. The Morgan fingerprint density at radius 2 is 0.967 bits per heavy atom. The first-order valence-corrected chi connectivity index (χ1v) is 9.53. The van der Waals surface area contributed by atoms with Crippen molar-refractivity contribution in [2.45, 2.75) is 9.79 Å². The van der Waals surface area contributed by atoms with Crippen LogP contribution in [-0.2, 0) is 20.2 Å². The van der Waals surface area contributed by atoms with E-state index in [2.05, 4.69) is 10.2 Å². The number of hydrogen-bond acceptors (Lipinski definition) is 12. The van der Waals surface area contributed by atoms with Gasteiger partial charge in [0.1, 0.15) is 20.2 Å². The molecule has 0 aromatic heterocycles. The van der Waals surface area contributed by atoms with E-state index in [0.717, 1.165) is 24.3 Å². The first-order valence-electron chi connectivity index (χ1n) is 6.71. The van der Waals surface area contributed by atoms with E-state index in [4.69, 9.17) is 0 Å². The van der Waals surface area contributed by atoms with E-state index < -0.39 is 62.6 Å². The van der Waals surface area contributed by atoms with Crippen molar-refractivity contribution < 1.29 is 139 Å². The summed E-state index contributed by atoms with van der Waals surface area (Å²) in [6.45, 7) is 0. The monoisotopic (exact) mass is 508 g/mol. The first kappa shape index (κ1) is 29.9. The standard InChI is InChI=1S/C12H8N4O10S2.2K/c17-15(18)11-5-7(27(21,22)23)1-3-9(11)13-14-10-4-2-8(28(24,25)26)6-12(10)16(19)20;;/h1-6H,(H,21,22,23)(H,24,25,26);;/q;2*+1/p-2. The molecule has 0 amide bonds. The predicted octanol–water partition coefficient (Wildman–Crippen LogP) is -4.27. The zero-order valence-corrected chi connectivity index (χ0v) is 23.0. The van der Waals surface area contributed by atoms with Gasteiger partial charge in [0.25, 0.3) is 11.4 Å². The van der Waals surface area contributed by atoms with Gasteiger partial charge in [-0.25, -0.2) is 16.8 Å². The third-order valence-corrected chi connectivity index (χ3v) is 4.79. The summed E-state index contributed by atoms with van der Waals surface area (Å²) < 4.78 is 65.7. The summed E-state index contributed by atoms with van der Waals surface area (Å²) in [5.74, 6) is 0. The van der Waals surface area contributed by atoms with E-state index in [0.29, 0.717) is 12.1 Å². The zero-order chi connectivity index (χ0) is 21.3. The van der Waals surface area contributed by atoms with Crippen molar-refractivity contribution in [2.75, 3.05) is 0 Å². The average molecular weight is 509 g/mol. The summed E-state index contributed by atoms with van der Waals surface area (Å²) in [5, 5.41) is 28.9. The van der Waals surface area contributed by atoms with Crippen LogP contribution in [0.2, 0.25) is 0 Å².